The number of nitrogens with zero attached hydrogens (tertiary/aromatic N) is 3. The molecule has 0 aromatic carbocycles. The van der Waals surface area contributed by atoms with Crippen molar-refractivity contribution >= 4 is 5.91 Å². The number of nitrogens with one attached hydrogen (secondary N) is 1. The van der Waals surface area contributed by atoms with E-state index in [9.17, 15) is 9.90 Å². The van der Waals surface area contributed by atoms with Gasteiger partial charge in [0.15, 0.2) is 0 Å². The predicted octanol–water partition coefficient (Wildman–Crippen LogP) is 0.176. The Bertz CT molecular complexity index is 502. The summed E-state index contributed by atoms with van der Waals surface area (Å²) in [6.07, 6.45) is 2.20. The number of carbonyl (C=O) groups is 1. The standard InChI is InChI=1S/C15H24N4O2/c1-11-7-13(17-16-11)8-12-9-18(10-14(12)20)5-6-19-4-2-3-15(19)21/h7,12,14,20H,2-6,8-10H2,1H3,(H,16,17)/t12-,14-/m1/s1. The summed E-state index contributed by atoms with van der Waals surface area (Å²) in [6, 6.07) is 2.04. The van der Waals surface area contributed by atoms with Gasteiger partial charge in [0.2, 0.25) is 5.91 Å². The number of H-pyrrole nitrogens is 1. The SMILES string of the molecule is Cc1cc(C[C@@H]2CN(CCN3CCCC3=O)C[C@H]2O)n[nH]1. The van der Waals surface area contributed by atoms with Gasteiger partial charge in [0.1, 0.15) is 0 Å². The maximum Gasteiger partial charge on any atom is 0.222 e. The first-order valence-corrected chi connectivity index (χ1v) is 7.81. The first kappa shape index (κ1) is 14.5. The van der Waals surface area contributed by atoms with Crippen LogP contribution in [0.4, 0.5) is 0 Å². The molecule has 2 fully saturated rings. The van der Waals surface area contributed by atoms with Crippen molar-refractivity contribution in [1.29, 1.82) is 0 Å². The van der Waals surface area contributed by atoms with Crippen molar-refractivity contribution in [3.8, 4) is 0 Å². The Morgan fingerprint density at radius 2 is 2.29 bits per heavy atom. The molecule has 21 heavy (non-hydrogen) atoms. The van der Waals surface area contributed by atoms with E-state index in [1.807, 2.05) is 17.9 Å². The molecule has 0 spiro atoms. The van der Waals surface area contributed by atoms with E-state index in [1.54, 1.807) is 0 Å². The quantitative estimate of drug-likeness (QED) is 0.812. The fraction of sp³-hybridized carbons (Fsp3) is 0.733. The topological polar surface area (TPSA) is 72.5 Å². The molecule has 0 bridgehead atoms. The van der Waals surface area contributed by atoms with E-state index >= 15 is 0 Å². The molecule has 3 heterocycles. The van der Waals surface area contributed by atoms with Crippen molar-refractivity contribution in [2.75, 3.05) is 32.7 Å². The minimum atomic E-state index is -0.295. The average molecular weight is 292 g/mol. The fourth-order valence-corrected chi connectivity index (χ4v) is 3.37. The molecule has 6 nitrogen and oxygen atoms in total. The molecule has 1 aromatic rings. The Hall–Kier alpha value is -1.40. The molecule has 2 saturated heterocycles. The maximum absolute atomic E-state index is 11.6. The van der Waals surface area contributed by atoms with Crippen molar-refractivity contribution in [3.05, 3.63) is 17.5 Å². The molecule has 0 radical (unpaired) electrons. The highest BCUT2D eigenvalue weighted by Crippen LogP contribution is 2.21. The molecule has 0 saturated carbocycles. The van der Waals surface area contributed by atoms with Crippen molar-refractivity contribution in [2.45, 2.75) is 32.3 Å². The van der Waals surface area contributed by atoms with E-state index < -0.39 is 0 Å². The second kappa shape index (κ2) is 6.15. The van der Waals surface area contributed by atoms with Crippen LogP contribution >= 0.6 is 0 Å². The zero-order valence-electron chi connectivity index (χ0n) is 12.6. The summed E-state index contributed by atoms with van der Waals surface area (Å²) in [5.74, 6) is 0.514. The van der Waals surface area contributed by atoms with E-state index in [2.05, 4.69) is 15.1 Å². The fourth-order valence-electron chi connectivity index (χ4n) is 3.37. The summed E-state index contributed by atoms with van der Waals surface area (Å²) in [4.78, 5) is 15.8. The number of β-amino-alcohol motifs (C(OH)–C–C–N with tert-alkyl or cyclic N) is 1. The molecule has 0 aliphatic carbocycles. The lowest BCUT2D eigenvalue weighted by molar-refractivity contribution is -0.127. The van der Waals surface area contributed by atoms with Crippen LogP contribution in [0.3, 0.4) is 0 Å². The second-order valence-corrected chi connectivity index (χ2v) is 6.32. The highest BCUT2D eigenvalue weighted by molar-refractivity contribution is 5.78. The number of rotatable bonds is 5. The molecule has 2 atom stereocenters. The lowest BCUT2D eigenvalue weighted by atomic mass is 10.0. The number of aliphatic hydroxyl groups is 1. The number of amides is 1. The molecule has 6 heteroatoms. The van der Waals surface area contributed by atoms with Gasteiger partial charge in [-0.15, -0.1) is 0 Å². The Morgan fingerprint density at radius 1 is 1.43 bits per heavy atom. The largest absolute Gasteiger partial charge is 0.391 e. The number of likely N-dealkylation sites (tertiary alicyclic amines) is 2. The number of aromatic amines is 1. The van der Waals surface area contributed by atoms with Crippen LogP contribution < -0.4 is 0 Å². The van der Waals surface area contributed by atoms with E-state index in [4.69, 9.17) is 0 Å². The van der Waals surface area contributed by atoms with Crippen LogP contribution in [0.25, 0.3) is 0 Å². The molecular weight excluding hydrogens is 268 g/mol. The Balaban J connectivity index is 1.47. The van der Waals surface area contributed by atoms with Crippen LogP contribution in [0.5, 0.6) is 0 Å². The van der Waals surface area contributed by atoms with Gasteiger partial charge in [-0.05, 0) is 25.8 Å². The molecule has 116 valence electrons. The number of aliphatic hydroxyl groups excluding tert-OH is 1. The first-order chi connectivity index (χ1) is 10.1. The third-order valence-corrected chi connectivity index (χ3v) is 4.57. The smallest absolute Gasteiger partial charge is 0.222 e. The van der Waals surface area contributed by atoms with Crippen LogP contribution in [0.1, 0.15) is 24.2 Å². The van der Waals surface area contributed by atoms with E-state index in [1.165, 1.54) is 0 Å². The lowest BCUT2D eigenvalue weighted by Gasteiger charge is -2.21. The molecule has 2 aliphatic rings. The van der Waals surface area contributed by atoms with Crippen molar-refractivity contribution in [3.63, 3.8) is 0 Å². The molecule has 1 amide bonds. The zero-order chi connectivity index (χ0) is 14.8. The highest BCUT2D eigenvalue weighted by atomic mass is 16.3. The summed E-state index contributed by atoms with van der Waals surface area (Å²) in [6.45, 7) is 6.12. The van der Waals surface area contributed by atoms with Gasteiger partial charge >= 0.3 is 0 Å². The number of hydrogen-bond donors (Lipinski definition) is 2. The normalized spacial score (nSPS) is 27.0. The van der Waals surface area contributed by atoms with Crippen molar-refractivity contribution < 1.29 is 9.90 Å². The summed E-state index contributed by atoms with van der Waals surface area (Å²) < 4.78 is 0. The van der Waals surface area contributed by atoms with Gasteiger partial charge in [-0.25, -0.2) is 0 Å². The maximum atomic E-state index is 11.6. The van der Waals surface area contributed by atoms with Crippen LogP contribution in [-0.4, -0.2) is 69.8 Å². The summed E-state index contributed by atoms with van der Waals surface area (Å²) in [5.41, 5.74) is 2.08. The van der Waals surface area contributed by atoms with Gasteiger partial charge in [0, 0.05) is 50.8 Å². The predicted molar refractivity (Wildman–Crippen MR) is 78.8 cm³/mol. The highest BCUT2D eigenvalue weighted by Gasteiger charge is 2.32. The van der Waals surface area contributed by atoms with Gasteiger partial charge in [-0.2, -0.15) is 5.10 Å². The van der Waals surface area contributed by atoms with Gasteiger partial charge < -0.3 is 10.0 Å². The van der Waals surface area contributed by atoms with E-state index in [-0.39, 0.29) is 17.9 Å². The Morgan fingerprint density at radius 3 is 2.95 bits per heavy atom. The van der Waals surface area contributed by atoms with Crippen LogP contribution in [0.2, 0.25) is 0 Å². The van der Waals surface area contributed by atoms with Crippen LogP contribution in [-0.2, 0) is 11.2 Å². The van der Waals surface area contributed by atoms with Gasteiger partial charge in [-0.3, -0.25) is 14.8 Å². The average Bonchev–Trinajstić information content (AvgIpc) is 3.11. The molecule has 2 aliphatic heterocycles. The molecule has 0 unspecified atom stereocenters. The number of aryl methyl sites for hydroxylation is 1. The summed E-state index contributed by atoms with van der Waals surface area (Å²) in [7, 11) is 0. The van der Waals surface area contributed by atoms with Gasteiger partial charge in [0.05, 0.1) is 11.8 Å². The molecule has 3 rings (SSSR count). The molecular formula is C15H24N4O2. The van der Waals surface area contributed by atoms with Crippen LogP contribution in [0, 0.1) is 12.8 Å². The third-order valence-electron chi connectivity index (χ3n) is 4.57. The van der Waals surface area contributed by atoms with Crippen molar-refractivity contribution in [1.82, 2.24) is 20.0 Å². The minimum Gasteiger partial charge on any atom is -0.391 e. The summed E-state index contributed by atoms with van der Waals surface area (Å²) >= 11 is 0. The molecule has 1 aromatic heterocycles. The molecule has 2 N–H and O–H groups in total. The first-order valence-electron chi connectivity index (χ1n) is 7.81. The van der Waals surface area contributed by atoms with Gasteiger partial charge in [0.25, 0.3) is 0 Å². The van der Waals surface area contributed by atoms with E-state index in [0.29, 0.717) is 13.0 Å². The van der Waals surface area contributed by atoms with Gasteiger partial charge in [-0.1, -0.05) is 0 Å². The van der Waals surface area contributed by atoms with Crippen molar-refractivity contribution in [2.24, 2.45) is 5.92 Å². The Labute approximate surface area is 125 Å². The number of hydrogen-bond acceptors (Lipinski definition) is 4. The minimum absolute atomic E-state index is 0.238. The zero-order valence-corrected chi connectivity index (χ0v) is 12.6. The summed E-state index contributed by atoms with van der Waals surface area (Å²) in [5, 5.41) is 17.4. The lowest BCUT2D eigenvalue weighted by Crippen LogP contribution is -2.35. The monoisotopic (exact) mass is 292 g/mol. The number of aromatic nitrogens is 2. The second-order valence-electron chi connectivity index (χ2n) is 6.32. The Kier molecular flexibility index (Phi) is 4.26. The van der Waals surface area contributed by atoms with Crippen LogP contribution in [0.15, 0.2) is 6.07 Å². The van der Waals surface area contributed by atoms with E-state index in [0.717, 1.165) is 50.4 Å². The third kappa shape index (κ3) is 3.44. The number of carbonyl (C=O) groups excluding carboxylic acids is 1.